The third-order valence-corrected chi connectivity index (χ3v) is 6.66. The van der Waals surface area contributed by atoms with Gasteiger partial charge in [0.2, 0.25) is 0 Å². The monoisotopic (exact) mass is 638 g/mol. The zero-order valence-electron chi connectivity index (χ0n) is 26.2. The van der Waals surface area contributed by atoms with Gasteiger partial charge in [-0.2, -0.15) is 0 Å². The van der Waals surface area contributed by atoms with E-state index in [0.717, 1.165) is 28.5 Å². The van der Waals surface area contributed by atoms with Crippen molar-refractivity contribution in [3.05, 3.63) is 140 Å². The lowest BCUT2D eigenvalue weighted by molar-refractivity contribution is -0.149. The van der Waals surface area contributed by atoms with Crippen LogP contribution in [0.2, 0.25) is 0 Å². The van der Waals surface area contributed by atoms with E-state index in [1.165, 1.54) is 0 Å². The summed E-state index contributed by atoms with van der Waals surface area (Å²) in [7, 11) is 0. The highest BCUT2D eigenvalue weighted by Gasteiger charge is 2.12. The van der Waals surface area contributed by atoms with Crippen LogP contribution in [0, 0.1) is 5.92 Å². The molecule has 0 spiro atoms. The molecule has 1 unspecified atom stereocenters. The Labute approximate surface area is 274 Å². The minimum absolute atomic E-state index is 0.202. The van der Waals surface area contributed by atoms with Crippen LogP contribution in [0.25, 0.3) is 22.3 Å². The second-order valence-corrected chi connectivity index (χ2v) is 10.2. The van der Waals surface area contributed by atoms with Gasteiger partial charge in [-0.15, -0.1) is 0 Å². The summed E-state index contributed by atoms with van der Waals surface area (Å²) in [5.41, 5.74) is 5.07. The normalized spacial score (nSPS) is 10.8. The summed E-state index contributed by atoms with van der Waals surface area (Å²) in [5.74, 6) is -1.50. The number of carbonyl (C=O) groups is 3. The Morgan fingerprint density at radius 3 is 1.66 bits per heavy atom. The number of ether oxygens (including phenoxy) is 4. The van der Waals surface area contributed by atoms with Crippen LogP contribution in [-0.4, -0.2) is 47.9 Å². The molecule has 0 bridgehead atoms. The summed E-state index contributed by atoms with van der Waals surface area (Å²) < 4.78 is 19.8. The number of hydrogen-bond acceptors (Lipinski definition) is 9. The summed E-state index contributed by atoms with van der Waals surface area (Å²) in [6, 6.07) is 31.6. The van der Waals surface area contributed by atoms with Crippen LogP contribution < -0.4 is 4.74 Å². The fourth-order valence-corrected chi connectivity index (χ4v) is 4.04. The molecule has 2 N–H and O–H groups in total. The van der Waals surface area contributed by atoms with Crippen LogP contribution in [0.1, 0.15) is 40.5 Å². The fourth-order valence-electron chi connectivity index (χ4n) is 4.04. The lowest BCUT2D eigenvalue weighted by atomic mass is 9.99. The van der Waals surface area contributed by atoms with E-state index in [9.17, 15) is 14.4 Å². The first-order valence-corrected chi connectivity index (χ1v) is 14.9. The van der Waals surface area contributed by atoms with Crippen LogP contribution >= 0.6 is 0 Å². The van der Waals surface area contributed by atoms with Crippen molar-refractivity contribution in [2.75, 3.05) is 19.8 Å². The van der Waals surface area contributed by atoms with Gasteiger partial charge in [-0.1, -0.05) is 73.3 Å². The molecule has 4 rings (SSSR count). The lowest BCUT2D eigenvalue weighted by Crippen LogP contribution is -2.18. The Morgan fingerprint density at radius 2 is 1.17 bits per heavy atom. The Balaban J connectivity index is 0.000000339. The number of unbranched alkanes of at least 4 members (excludes halogenated alkanes) is 1. The first-order chi connectivity index (χ1) is 22.7. The fraction of sp³-hybridized carbons (Fsp3) is 0.184. The molecule has 0 amide bonds. The van der Waals surface area contributed by atoms with Gasteiger partial charge in [0.15, 0.2) is 0 Å². The van der Waals surface area contributed by atoms with Crippen molar-refractivity contribution >= 4 is 17.9 Å². The summed E-state index contributed by atoms with van der Waals surface area (Å²) in [5, 5.41) is 17.2. The molecule has 9 heteroatoms. The molecule has 9 nitrogen and oxygen atoms in total. The molecule has 0 saturated carbocycles. The predicted molar refractivity (Wildman–Crippen MR) is 178 cm³/mol. The van der Waals surface area contributed by atoms with Gasteiger partial charge in [0.1, 0.15) is 5.75 Å². The first kappa shape index (κ1) is 35.8. The van der Waals surface area contributed by atoms with Gasteiger partial charge >= 0.3 is 17.9 Å². The molecule has 0 radical (unpaired) electrons. The number of aliphatic hydroxyl groups excluding tert-OH is 2. The number of rotatable bonds is 14. The van der Waals surface area contributed by atoms with Gasteiger partial charge in [0.25, 0.3) is 5.95 Å². The quantitative estimate of drug-likeness (QED) is 0.0623. The third-order valence-electron chi connectivity index (χ3n) is 6.66. The van der Waals surface area contributed by atoms with Crippen LogP contribution in [0.15, 0.2) is 128 Å². The average Bonchev–Trinajstić information content (AvgIpc) is 3.10. The smallest absolute Gasteiger partial charge is 0.343 e. The van der Waals surface area contributed by atoms with E-state index < -0.39 is 17.9 Å². The van der Waals surface area contributed by atoms with Crippen LogP contribution in [-0.2, 0) is 19.0 Å². The van der Waals surface area contributed by atoms with Gasteiger partial charge < -0.3 is 29.2 Å². The van der Waals surface area contributed by atoms with Gasteiger partial charge in [-0.25, -0.2) is 9.59 Å². The van der Waals surface area contributed by atoms with Crippen LogP contribution in [0.4, 0.5) is 0 Å². The summed E-state index contributed by atoms with van der Waals surface area (Å²) in [6.07, 6.45) is 2.44. The Kier molecular flexibility index (Phi) is 14.5. The highest BCUT2D eigenvalue weighted by atomic mass is 16.6. The number of aliphatic hydroxyl groups is 2. The summed E-state index contributed by atoms with van der Waals surface area (Å²) in [4.78, 5) is 35.0. The zero-order chi connectivity index (χ0) is 34.0. The standard InChI is InChI=1S/C28H20O4.C10H18O5/c1-2-31-27(29)25-14-12-22(13-15-25)20-8-10-21(11-9-20)23-16-18-26(19-17-23)32-28(30)24-6-4-3-5-7-24;1-8(7-11)10(13)15-6-4-3-5-14-9(2)12/h2-19H,1H2;8,11-12H,2-7H2,1H3. The number of benzene rings is 4. The van der Waals surface area contributed by atoms with Crippen molar-refractivity contribution in [3.63, 3.8) is 0 Å². The molecule has 0 saturated heterocycles. The molecular formula is C38H38O9. The van der Waals surface area contributed by atoms with E-state index in [-0.39, 0.29) is 18.5 Å². The van der Waals surface area contributed by atoms with Crippen molar-refractivity contribution in [1.29, 1.82) is 0 Å². The second kappa shape index (κ2) is 19.0. The van der Waals surface area contributed by atoms with Crippen molar-refractivity contribution in [1.82, 2.24) is 0 Å². The van der Waals surface area contributed by atoms with Crippen molar-refractivity contribution in [3.8, 4) is 28.0 Å². The second-order valence-electron chi connectivity index (χ2n) is 10.2. The van der Waals surface area contributed by atoms with E-state index in [2.05, 4.69) is 13.2 Å². The van der Waals surface area contributed by atoms with E-state index >= 15 is 0 Å². The molecule has 0 aliphatic heterocycles. The van der Waals surface area contributed by atoms with Crippen molar-refractivity contribution in [2.45, 2.75) is 19.8 Å². The average molecular weight is 639 g/mol. The SMILES string of the molecule is C=C(O)OCCCCOC(=O)C(C)CO.C=COC(=O)c1ccc(-c2ccc(-c3ccc(OC(=O)c4ccccc4)cc3)cc2)cc1. The minimum Gasteiger partial charge on any atom is -0.481 e. The maximum absolute atomic E-state index is 12.2. The van der Waals surface area contributed by atoms with E-state index in [1.807, 2.05) is 54.6 Å². The van der Waals surface area contributed by atoms with Crippen molar-refractivity contribution in [2.24, 2.45) is 5.92 Å². The highest BCUT2D eigenvalue weighted by Crippen LogP contribution is 2.27. The maximum Gasteiger partial charge on any atom is 0.343 e. The van der Waals surface area contributed by atoms with Gasteiger partial charge in [-0.05, 0) is 85.0 Å². The molecular weight excluding hydrogens is 600 g/mol. The number of hydrogen-bond donors (Lipinski definition) is 2. The van der Waals surface area contributed by atoms with Gasteiger partial charge in [-0.3, -0.25) is 4.79 Å². The molecule has 244 valence electrons. The topological polar surface area (TPSA) is 129 Å². The zero-order valence-corrected chi connectivity index (χ0v) is 26.2. The number of esters is 3. The first-order valence-electron chi connectivity index (χ1n) is 14.9. The largest absolute Gasteiger partial charge is 0.481 e. The Hall–Kier alpha value is -5.67. The van der Waals surface area contributed by atoms with Gasteiger partial charge in [0, 0.05) is 0 Å². The molecule has 0 aliphatic carbocycles. The van der Waals surface area contributed by atoms with Crippen LogP contribution in [0.5, 0.6) is 5.75 Å². The van der Waals surface area contributed by atoms with E-state index in [1.54, 1.807) is 55.5 Å². The molecule has 4 aromatic carbocycles. The molecule has 4 aromatic rings. The molecule has 0 fully saturated rings. The third kappa shape index (κ3) is 12.0. The summed E-state index contributed by atoms with van der Waals surface area (Å²) >= 11 is 0. The van der Waals surface area contributed by atoms with Crippen LogP contribution in [0.3, 0.4) is 0 Å². The van der Waals surface area contributed by atoms with Gasteiger partial charge in [0.05, 0.1) is 43.1 Å². The molecule has 0 heterocycles. The minimum atomic E-state index is -0.474. The molecule has 1 atom stereocenters. The summed E-state index contributed by atoms with van der Waals surface area (Å²) in [6.45, 7) is 8.59. The van der Waals surface area contributed by atoms with E-state index in [0.29, 0.717) is 42.9 Å². The molecule has 0 aromatic heterocycles. The molecule has 0 aliphatic rings. The maximum atomic E-state index is 12.2. The van der Waals surface area contributed by atoms with Crippen molar-refractivity contribution < 1.29 is 43.5 Å². The van der Waals surface area contributed by atoms with E-state index in [4.69, 9.17) is 29.2 Å². The molecule has 47 heavy (non-hydrogen) atoms. The Morgan fingerprint density at radius 1 is 0.702 bits per heavy atom. The highest BCUT2D eigenvalue weighted by molar-refractivity contribution is 5.91. The Bertz CT molecular complexity index is 1590. The predicted octanol–water partition coefficient (Wildman–Crippen LogP) is 7.52. The lowest BCUT2D eigenvalue weighted by Gasteiger charge is -2.08. The number of carbonyl (C=O) groups excluding carboxylic acids is 3.